The number of nitrogens with one attached hydrogen (secondary N) is 2. The van der Waals surface area contributed by atoms with Gasteiger partial charge in [0.2, 0.25) is 0 Å². The Kier molecular flexibility index (Phi) is 2.40. The van der Waals surface area contributed by atoms with E-state index < -0.39 is 0 Å². The Bertz CT molecular complexity index is 906. The molecular weight excluding hydrogens is 268 g/mol. The van der Waals surface area contributed by atoms with Crippen LogP contribution in [0, 0.1) is 0 Å². The van der Waals surface area contributed by atoms with E-state index >= 15 is 0 Å². The number of hydrogen-bond donors (Lipinski definition) is 3. The molecular formula is C15H12N4S. The quantitative estimate of drug-likeness (QED) is 0.484. The molecule has 0 radical (unpaired) electrons. The second-order valence-electron chi connectivity index (χ2n) is 4.69. The summed E-state index contributed by atoms with van der Waals surface area (Å²) in [6, 6.07) is 12.3. The molecule has 4 N–H and O–H groups in total. The van der Waals surface area contributed by atoms with Crippen molar-refractivity contribution >= 4 is 49.4 Å². The van der Waals surface area contributed by atoms with Crippen LogP contribution in [0.25, 0.3) is 21.0 Å². The Morgan fingerprint density at radius 2 is 2.05 bits per heavy atom. The van der Waals surface area contributed by atoms with Gasteiger partial charge in [-0.2, -0.15) is 5.10 Å². The van der Waals surface area contributed by atoms with Crippen molar-refractivity contribution in [2.45, 2.75) is 0 Å². The summed E-state index contributed by atoms with van der Waals surface area (Å²) in [5, 5.41) is 14.7. The van der Waals surface area contributed by atoms with E-state index in [1.807, 2.05) is 12.1 Å². The van der Waals surface area contributed by atoms with Gasteiger partial charge in [0.25, 0.3) is 0 Å². The van der Waals surface area contributed by atoms with E-state index in [9.17, 15) is 0 Å². The highest BCUT2D eigenvalue weighted by atomic mass is 32.1. The Hall–Kier alpha value is -2.53. The number of nitrogen functional groups attached to an aromatic ring is 1. The predicted octanol–water partition coefficient (Wildman–Crippen LogP) is 4.10. The monoisotopic (exact) mass is 280 g/mol. The first-order valence-corrected chi connectivity index (χ1v) is 7.14. The van der Waals surface area contributed by atoms with Crippen molar-refractivity contribution < 1.29 is 0 Å². The number of benzene rings is 2. The Morgan fingerprint density at radius 1 is 1.10 bits per heavy atom. The van der Waals surface area contributed by atoms with E-state index in [0.29, 0.717) is 5.69 Å². The molecule has 0 fully saturated rings. The van der Waals surface area contributed by atoms with E-state index in [1.165, 1.54) is 10.1 Å². The molecule has 5 heteroatoms. The lowest BCUT2D eigenvalue weighted by Crippen LogP contribution is -1.96. The number of nitrogens with zero attached hydrogens (tertiary/aromatic N) is 1. The van der Waals surface area contributed by atoms with Gasteiger partial charge >= 0.3 is 0 Å². The van der Waals surface area contributed by atoms with Crippen molar-refractivity contribution in [1.29, 1.82) is 0 Å². The maximum atomic E-state index is 6.08. The molecule has 0 saturated carbocycles. The largest absolute Gasteiger partial charge is 0.397 e. The molecule has 4 nitrogen and oxygen atoms in total. The van der Waals surface area contributed by atoms with Crippen LogP contribution in [0.15, 0.2) is 48.0 Å². The van der Waals surface area contributed by atoms with Crippen LogP contribution in [-0.2, 0) is 0 Å². The van der Waals surface area contributed by atoms with Gasteiger partial charge in [0, 0.05) is 15.8 Å². The number of rotatable bonds is 2. The summed E-state index contributed by atoms with van der Waals surface area (Å²) in [5.41, 5.74) is 9.68. The van der Waals surface area contributed by atoms with Gasteiger partial charge in [-0.15, -0.1) is 11.3 Å². The van der Waals surface area contributed by atoms with Gasteiger partial charge in [-0.05, 0) is 47.2 Å². The molecule has 98 valence electrons. The highest BCUT2D eigenvalue weighted by Crippen LogP contribution is 2.30. The van der Waals surface area contributed by atoms with Crippen LogP contribution in [-0.4, -0.2) is 10.2 Å². The third-order valence-corrected chi connectivity index (χ3v) is 4.24. The molecule has 2 aromatic carbocycles. The minimum absolute atomic E-state index is 0.712. The highest BCUT2D eigenvalue weighted by Gasteiger charge is 2.05. The smallest absolute Gasteiger partial charge is 0.0672 e. The van der Waals surface area contributed by atoms with Crippen molar-refractivity contribution in [2.75, 3.05) is 11.1 Å². The van der Waals surface area contributed by atoms with Crippen molar-refractivity contribution in [1.82, 2.24) is 10.2 Å². The van der Waals surface area contributed by atoms with Crippen molar-refractivity contribution in [3.8, 4) is 0 Å². The summed E-state index contributed by atoms with van der Waals surface area (Å²) in [6.07, 6.45) is 1.77. The fraction of sp³-hybridized carbons (Fsp3) is 0. The van der Waals surface area contributed by atoms with E-state index in [1.54, 1.807) is 17.5 Å². The zero-order valence-corrected chi connectivity index (χ0v) is 11.4. The van der Waals surface area contributed by atoms with E-state index in [-0.39, 0.29) is 0 Å². The SMILES string of the molecule is Nc1cc2cn[nH]c2cc1Nc1ccc2sccc2c1. The highest BCUT2D eigenvalue weighted by molar-refractivity contribution is 7.17. The van der Waals surface area contributed by atoms with E-state index in [0.717, 1.165) is 22.3 Å². The van der Waals surface area contributed by atoms with Crippen LogP contribution in [0.1, 0.15) is 0 Å². The van der Waals surface area contributed by atoms with Gasteiger partial charge in [-0.25, -0.2) is 0 Å². The molecule has 0 aliphatic heterocycles. The zero-order valence-electron chi connectivity index (χ0n) is 10.6. The summed E-state index contributed by atoms with van der Waals surface area (Å²) >= 11 is 1.74. The summed E-state index contributed by atoms with van der Waals surface area (Å²) < 4.78 is 1.28. The topological polar surface area (TPSA) is 66.7 Å². The fourth-order valence-corrected chi connectivity index (χ4v) is 3.09. The number of H-pyrrole nitrogens is 1. The average Bonchev–Trinajstić information content (AvgIpc) is 3.06. The molecule has 4 rings (SSSR count). The Labute approximate surface area is 119 Å². The molecule has 20 heavy (non-hydrogen) atoms. The number of aromatic nitrogens is 2. The van der Waals surface area contributed by atoms with Crippen LogP contribution in [0.3, 0.4) is 0 Å². The second-order valence-corrected chi connectivity index (χ2v) is 5.64. The number of thiophene rings is 1. The van der Waals surface area contributed by atoms with Gasteiger partial charge in [-0.3, -0.25) is 5.10 Å². The Balaban J connectivity index is 1.76. The number of anilines is 3. The molecule has 0 atom stereocenters. The lowest BCUT2D eigenvalue weighted by atomic mass is 10.2. The fourth-order valence-electron chi connectivity index (χ4n) is 2.32. The average molecular weight is 280 g/mol. The maximum Gasteiger partial charge on any atom is 0.0672 e. The van der Waals surface area contributed by atoms with Crippen molar-refractivity contribution in [3.05, 3.63) is 48.0 Å². The molecule has 4 aromatic rings. The number of aromatic amines is 1. The van der Waals surface area contributed by atoms with Crippen LogP contribution in [0.2, 0.25) is 0 Å². The number of hydrogen-bond acceptors (Lipinski definition) is 4. The van der Waals surface area contributed by atoms with Gasteiger partial charge in [-0.1, -0.05) is 0 Å². The maximum absolute atomic E-state index is 6.08. The minimum atomic E-state index is 0.712. The molecule has 0 amide bonds. The molecule has 0 bridgehead atoms. The third-order valence-electron chi connectivity index (χ3n) is 3.34. The lowest BCUT2D eigenvalue weighted by molar-refractivity contribution is 1.12. The first-order valence-electron chi connectivity index (χ1n) is 6.26. The molecule has 2 heterocycles. The molecule has 0 aliphatic rings. The van der Waals surface area contributed by atoms with Crippen LogP contribution >= 0.6 is 11.3 Å². The molecule has 0 spiro atoms. The number of nitrogens with two attached hydrogens (primary N) is 1. The van der Waals surface area contributed by atoms with Gasteiger partial charge in [0.05, 0.1) is 23.1 Å². The van der Waals surface area contributed by atoms with Crippen molar-refractivity contribution in [2.24, 2.45) is 0 Å². The van der Waals surface area contributed by atoms with Gasteiger partial charge in [0.15, 0.2) is 0 Å². The van der Waals surface area contributed by atoms with Gasteiger partial charge < -0.3 is 11.1 Å². The first-order chi connectivity index (χ1) is 9.79. The van der Waals surface area contributed by atoms with E-state index in [4.69, 9.17) is 5.73 Å². The van der Waals surface area contributed by atoms with Crippen LogP contribution < -0.4 is 11.1 Å². The summed E-state index contributed by atoms with van der Waals surface area (Å²) in [7, 11) is 0. The molecule has 0 unspecified atom stereocenters. The van der Waals surface area contributed by atoms with Crippen LogP contribution in [0.4, 0.5) is 17.1 Å². The normalized spacial score (nSPS) is 11.2. The van der Waals surface area contributed by atoms with Gasteiger partial charge in [0.1, 0.15) is 0 Å². The van der Waals surface area contributed by atoms with E-state index in [2.05, 4.69) is 45.2 Å². The van der Waals surface area contributed by atoms with Crippen LogP contribution in [0.5, 0.6) is 0 Å². The lowest BCUT2D eigenvalue weighted by Gasteiger charge is -2.09. The first kappa shape index (κ1) is 11.3. The summed E-state index contributed by atoms with van der Waals surface area (Å²) in [4.78, 5) is 0. The summed E-state index contributed by atoms with van der Waals surface area (Å²) in [5.74, 6) is 0. The van der Waals surface area contributed by atoms with Crippen molar-refractivity contribution in [3.63, 3.8) is 0 Å². The Morgan fingerprint density at radius 3 is 3.00 bits per heavy atom. The predicted molar refractivity (Wildman–Crippen MR) is 85.6 cm³/mol. The molecule has 2 aromatic heterocycles. The minimum Gasteiger partial charge on any atom is -0.397 e. The molecule has 0 aliphatic carbocycles. The third kappa shape index (κ3) is 1.80. The second kappa shape index (κ2) is 4.25. The summed E-state index contributed by atoms with van der Waals surface area (Å²) in [6.45, 7) is 0. The zero-order chi connectivity index (χ0) is 13.5. The molecule has 0 saturated heterocycles. The number of fused-ring (bicyclic) bond motifs is 2. The standard InChI is InChI=1S/C15H12N4S/c16-12-6-10-8-17-19-13(10)7-14(12)18-11-1-2-15-9(5-11)3-4-20-15/h1-8,18H,16H2,(H,17,19).